The summed E-state index contributed by atoms with van der Waals surface area (Å²) in [4.78, 5) is 0. The van der Waals surface area contributed by atoms with Crippen LogP contribution in [-0.4, -0.2) is 56.5 Å². The summed E-state index contributed by atoms with van der Waals surface area (Å²) in [5.41, 5.74) is 0. The van der Waals surface area contributed by atoms with Crippen molar-refractivity contribution in [1.82, 2.24) is 0 Å². The van der Waals surface area contributed by atoms with Gasteiger partial charge in [0.25, 0.3) is 0 Å². The maximum atomic E-state index is 7.45. The van der Waals surface area contributed by atoms with E-state index in [2.05, 4.69) is 108 Å². The Morgan fingerprint density at radius 2 is 0.650 bits per heavy atom. The largest absolute Gasteiger partial charge is 0.469 e. The van der Waals surface area contributed by atoms with E-state index in [1.807, 2.05) is 0 Å². The van der Waals surface area contributed by atoms with E-state index < -0.39 is 42.3 Å². The van der Waals surface area contributed by atoms with Crippen LogP contribution in [0, 0.1) is 0 Å². The van der Waals surface area contributed by atoms with Gasteiger partial charge in [-0.3, -0.25) is 0 Å². The van der Waals surface area contributed by atoms with Gasteiger partial charge >= 0.3 is 17.4 Å². The van der Waals surface area contributed by atoms with Crippen LogP contribution in [0.15, 0.2) is 0 Å². The smallest absolute Gasteiger partial charge is 0.416 e. The maximum absolute atomic E-state index is 7.45. The highest BCUT2D eigenvalue weighted by Gasteiger charge is 2.57. The second-order valence-electron chi connectivity index (χ2n) is 16.8. The third kappa shape index (κ3) is 12.9. The standard InChI is InChI=1S/C30H72O5Si5/c1-28(2,3)36(12,13)33-40(34-37(14,15)29(4,5)6,35-38(16,17)30(7,8)9)27-25-23-21-19-20-22-24-26-39(18,31-10)32-11/h19-27H2,1-18H3. The summed E-state index contributed by atoms with van der Waals surface area (Å²) in [5, 5.41) is 0.302. The Balaban J connectivity index is 5.79. The fraction of sp³-hybridized carbons (Fsp3) is 1.00. The fourth-order valence-electron chi connectivity index (χ4n) is 3.80. The van der Waals surface area contributed by atoms with Gasteiger partial charge in [0, 0.05) is 20.3 Å². The number of unbranched alkanes of at least 4 members (excludes halogenated alkanes) is 6. The molecule has 0 aromatic heterocycles. The Kier molecular flexibility index (Phi) is 15.6. The molecule has 0 aliphatic heterocycles. The third-order valence-corrected chi connectivity index (χ3v) is 34.8. The zero-order chi connectivity index (χ0) is 31.9. The minimum Gasteiger partial charge on any atom is -0.416 e. The van der Waals surface area contributed by atoms with Crippen molar-refractivity contribution in [1.29, 1.82) is 0 Å². The van der Waals surface area contributed by atoms with Crippen LogP contribution in [0.5, 0.6) is 0 Å². The Hall–Kier alpha value is 0.884. The van der Waals surface area contributed by atoms with Gasteiger partial charge < -0.3 is 21.2 Å². The average Bonchev–Trinajstić information content (AvgIpc) is 2.74. The number of rotatable bonds is 18. The number of hydrogen-bond acceptors (Lipinski definition) is 5. The molecule has 0 aromatic rings. The van der Waals surface area contributed by atoms with Crippen molar-refractivity contribution in [2.75, 3.05) is 14.2 Å². The van der Waals surface area contributed by atoms with Gasteiger partial charge in [0.2, 0.25) is 0 Å². The van der Waals surface area contributed by atoms with Crippen LogP contribution in [0.1, 0.15) is 107 Å². The molecule has 0 heterocycles. The highest BCUT2D eigenvalue weighted by atomic mass is 28.5. The molecule has 40 heavy (non-hydrogen) atoms. The fourth-order valence-corrected chi connectivity index (χ4v) is 21.8. The molecule has 0 rings (SSSR count). The van der Waals surface area contributed by atoms with Crippen molar-refractivity contribution in [3.8, 4) is 0 Å². The van der Waals surface area contributed by atoms with E-state index in [0.717, 1.165) is 18.5 Å². The second-order valence-corrected chi connectivity index (χ2v) is 38.2. The molecule has 0 atom stereocenters. The molecule has 242 valence electrons. The van der Waals surface area contributed by atoms with Crippen molar-refractivity contribution in [3.63, 3.8) is 0 Å². The van der Waals surface area contributed by atoms with E-state index in [1.165, 1.54) is 38.5 Å². The molecule has 0 amide bonds. The summed E-state index contributed by atoms with van der Waals surface area (Å²) in [6.45, 7) is 37.4. The van der Waals surface area contributed by atoms with Crippen LogP contribution in [0.25, 0.3) is 0 Å². The molecule has 10 heteroatoms. The Morgan fingerprint density at radius 1 is 0.400 bits per heavy atom. The molecule has 0 fully saturated rings. The molecule has 0 aliphatic rings. The molecule has 0 unspecified atom stereocenters. The highest BCUT2D eigenvalue weighted by Crippen LogP contribution is 2.47. The van der Waals surface area contributed by atoms with Gasteiger partial charge in [-0.05, 0) is 73.4 Å². The SMILES string of the molecule is CO[Si](C)(CCCCCCCCC[Si](O[Si](C)(C)C(C)(C)C)(O[Si](C)(C)C(C)(C)C)O[Si](C)(C)C(C)(C)C)OC. The zero-order valence-electron chi connectivity index (χ0n) is 30.4. The monoisotopic (exact) mass is 652 g/mol. The van der Waals surface area contributed by atoms with Crippen molar-refractivity contribution >= 4 is 42.3 Å². The summed E-state index contributed by atoms with van der Waals surface area (Å²) in [6, 6.07) is 2.01. The molecular weight excluding hydrogens is 581 g/mol. The van der Waals surface area contributed by atoms with Gasteiger partial charge in [-0.25, -0.2) is 0 Å². The molecule has 0 radical (unpaired) electrons. The molecular formula is C30H72O5Si5. The third-order valence-electron chi connectivity index (χ3n) is 10.1. The van der Waals surface area contributed by atoms with Crippen LogP contribution in [0.2, 0.25) is 73.0 Å². The number of hydrogen-bond donors (Lipinski definition) is 0. The molecule has 0 spiro atoms. The lowest BCUT2D eigenvalue weighted by molar-refractivity contribution is 0.227. The van der Waals surface area contributed by atoms with Crippen LogP contribution >= 0.6 is 0 Å². The first-order valence-electron chi connectivity index (χ1n) is 15.9. The van der Waals surface area contributed by atoms with Gasteiger partial charge in [-0.1, -0.05) is 101 Å². The molecule has 0 aliphatic carbocycles. The summed E-state index contributed by atoms with van der Waals surface area (Å²) < 4.78 is 33.6. The van der Waals surface area contributed by atoms with E-state index in [0.29, 0.717) is 0 Å². The zero-order valence-corrected chi connectivity index (χ0v) is 35.4. The van der Waals surface area contributed by atoms with Crippen molar-refractivity contribution in [3.05, 3.63) is 0 Å². The lowest BCUT2D eigenvalue weighted by Crippen LogP contribution is -2.65. The molecule has 0 saturated carbocycles. The first-order valence-corrected chi connectivity index (χ1v) is 29.1. The predicted molar refractivity (Wildman–Crippen MR) is 188 cm³/mol. The topological polar surface area (TPSA) is 46.2 Å². The lowest BCUT2D eigenvalue weighted by atomic mass is 10.1. The van der Waals surface area contributed by atoms with Crippen LogP contribution in [0.4, 0.5) is 0 Å². The average molecular weight is 653 g/mol. The predicted octanol–water partition coefficient (Wildman–Crippen LogP) is 11.1. The van der Waals surface area contributed by atoms with Gasteiger partial charge in [-0.2, -0.15) is 0 Å². The van der Waals surface area contributed by atoms with Crippen molar-refractivity contribution in [2.45, 2.75) is 180 Å². The van der Waals surface area contributed by atoms with E-state index in [4.69, 9.17) is 21.2 Å². The molecule has 0 saturated heterocycles. The highest BCUT2D eigenvalue weighted by molar-refractivity contribution is 6.92. The lowest BCUT2D eigenvalue weighted by Gasteiger charge is -2.52. The molecule has 0 aromatic carbocycles. The molecule has 0 bridgehead atoms. The van der Waals surface area contributed by atoms with Gasteiger partial charge in [0.05, 0.1) is 0 Å². The van der Waals surface area contributed by atoms with Crippen molar-refractivity contribution in [2.24, 2.45) is 0 Å². The van der Waals surface area contributed by atoms with Crippen LogP contribution in [0.3, 0.4) is 0 Å². The first-order chi connectivity index (χ1) is 17.7. The van der Waals surface area contributed by atoms with Crippen LogP contribution in [-0.2, 0) is 21.2 Å². The van der Waals surface area contributed by atoms with Crippen LogP contribution < -0.4 is 0 Å². The second kappa shape index (κ2) is 15.2. The minimum absolute atomic E-state index is 0.101. The quantitative estimate of drug-likeness (QED) is 0.109. The van der Waals surface area contributed by atoms with Gasteiger partial charge in [0.1, 0.15) is 0 Å². The Morgan fingerprint density at radius 3 is 0.900 bits per heavy atom. The summed E-state index contributed by atoms with van der Waals surface area (Å²) in [7, 11) is -7.72. The maximum Gasteiger partial charge on any atom is 0.469 e. The summed E-state index contributed by atoms with van der Waals surface area (Å²) >= 11 is 0. The van der Waals surface area contributed by atoms with Crippen molar-refractivity contribution < 1.29 is 21.2 Å². The Labute approximate surface area is 257 Å². The van der Waals surface area contributed by atoms with Gasteiger partial charge in [-0.15, -0.1) is 0 Å². The van der Waals surface area contributed by atoms with E-state index >= 15 is 0 Å². The molecule has 5 nitrogen and oxygen atoms in total. The summed E-state index contributed by atoms with van der Waals surface area (Å²) in [5.74, 6) is 0. The van der Waals surface area contributed by atoms with E-state index in [9.17, 15) is 0 Å². The normalized spacial score (nSPS) is 15.2. The minimum atomic E-state index is -2.98. The van der Waals surface area contributed by atoms with E-state index in [-0.39, 0.29) is 15.1 Å². The Bertz CT molecular complexity index is 663. The molecule has 0 N–H and O–H groups in total. The van der Waals surface area contributed by atoms with E-state index in [1.54, 1.807) is 14.2 Å². The summed E-state index contributed by atoms with van der Waals surface area (Å²) in [6.07, 6.45) is 8.59. The van der Waals surface area contributed by atoms with Gasteiger partial charge in [0.15, 0.2) is 25.0 Å². The first kappa shape index (κ1) is 40.9.